The van der Waals surface area contributed by atoms with E-state index in [1.54, 1.807) is 0 Å². The summed E-state index contributed by atoms with van der Waals surface area (Å²) in [5.74, 6) is -0.0693. The molecule has 0 unspecified atom stereocenters. The minimum Gasteiger partial charge on any atom is -0.462 e. The van der Waals surface area contributed by atoms with Gasteiger partial charge in [0.2, 0.25) is 0 Å². The fourth-order valence-corrected chi connectivity index (χ4v) is 6.27. The first kappa shape index (κ1) is 47.4. The van der Waals surface area contributed by atoms with Crippen LogP contribution < -0.4 is 0 Å². The Hall–Kier alpha value is -1.59. The summed E-state index contributed by atoms with van der Waals surface area (Å²) in [6, 6.07) is 0. The molecular formula is C43H82O6. The Morgan fingerprint density at radius 3 is 1.00 bits per heavy atom. The monoisotopic (exact) mass is 695 g/mol. The molecule has 6 nitrogen and oxygen atoms in total. The molecule has 0 aliphatic rings. The number of hydrogen-bond donors (Lipinski definition) is 0. The van der Waals surface area contributed by atoms with Crippen LogP contribution in [0, 0.1) is 5.92 Å². The Labute approximate surface area is 304 Å². The highest BCUT2D eigenvalue weighted by atomic mass is 16.6. The molecule has 1 atom stereocenters. The molecule has 0 rings (SSSR count). The lowest BCUT2D eigenvalue weighted by atomic mass is 10.0. The zero-order valence-corrected chi connectivity index (χ0v) is 33.1. The van der Waals surface area contributed by atoms with E-state index >= 15 is 0 Å². The first-order chi connectivity index (χ1) is 23.9. The van der Waals surface area contributed by atoms with Crippen molar-refractivity contribution in [1.82, 2.24) is 0 Å². The fourth-order valence-electron chi connectivity index (χ4n) is 6.27. The molecule has 0 fully saturated rings. The van der Waals surface area contributed by atoms with Crippen molar-refractivity contribution < 1.29 is 28.6 Å². The second-order valence-electron chi connectivity index (χ2n) is 15.1. The summed E-state index contributed by atoms with van der Waals surface area (Å²) in [5.41, 5.74) is 0. The number of esters is 3. The van der Waals surface area contributed by atoms with Crippen LogP contribution in [0.15, 0.2) is 0 Å². The van der Waals surface area contributed by atoms with Crippen LogP contribution >= 0.6 is 0 Å². The zero-order valence-electron chi connectivity index (χ0n) is 33.1. The van der Waals surface area contributed by atoms with Crippen molar-refractivity contribution in [2.24, 2.45) is 5.92 Å². The molecular weight excluding hydrogens is 612 g/mol. The van der Waals surface area contributed by atoms with Crippen molar-refractivity contribution in [2.45, 2.75) is 239 Å². The molecule has 290 valence electrons. The number of hydrogen-bond acceptors (Lipinski definition) is 6. The zero-order chi connectivity index (χ0) is 36.0. The average Bonchev–Trinajstić information content (AvgIpc) is 3.08. The summed E-state index contributed by atoms with van der Waals surface area (Å²) in [6.07, 6.45) is 35.3. The quantitative estimate of drug-likeness (QED) is 0.0364. The molecule has 0 radical (unpaired) electrons. The predicted octanol–water partition coefficient (Wildman–Crippen LogP) is 13.2. The van der Waals surface area contributed by atoms with Gasteiger partial charge in [0.1, 0.15) is 13.2 Å². The summed E-state index contributed by atoms with van der Waals surface area (Å²) < 4.78 is 16.6. The summed E-state index contributed by atoms with van der Waals surface area (Å²) in [5, 5.41) is 0. The first-order valence-electron chi connectivity index (χ1n) is 21.4. The standard InChI is InChI=1S/C43H82O6/c1-5-7-9-11-13-14-15-16-17-18-24-28-32-36-43(46)49-40(37-47-41(44)34-30-26-21-12-10-8-6-2)38-48-42(45)35-31-27-23-20-19-22-25-29-33-39(3)4/h39-40H,5-38H2,1-4H3/t40-/m1/s1. The molecule has 0 spiro atoms. The third-order valence-corrected chi connectivity index (χ3v) is 9.54. The summed E-state index contributed by atoms with van der Waals surface area (Å²) in [4.78, 5) is 37.5. The molecule has 6 heteroatoms. The molecule has 0 bridgehead atoms. The van der Waals surface area contributed by atoms with Crippen LogP contribution in [0.4, 0.5) is 0 Å². The molecule has 49 heavy (non-hydrogen) atoms. The Kier molecular flexibility index (Phi) is 36.4. The lowest BCUT2D eigenvalue weighted by Gasteiger charge is -2.18. The number of carbonyl (C=O) groups excluding carboxylic acids is 3. The average molecular weight is 695 g/mol. The minimum atomic E-state index is -0.757. The molecule has 0 aliphatic carbocycles. The third-order valence-electron chi connectivity index (χ3n) is 9.54. The Balaban J connectivity index is 4.30. The minimum absolute atomic E-state index is 0.0652. The van der Waals surface area contributed by atoms with Crippen molar-refractivity contribution in [3.8, 4) is 0 Å². The van der Waals surface area contributed by atoms with Gasteiger partial charge in [-0.25, -0.2) is 0 Å². The van der Waals surface area contributed by atoms with E-state index in [0.29, 0.717) is 19.3 Å². The van der Waals surface area contributed by atoms with Crippen LogP contribution in [0.5, 0.6) is 0 Å². The van der Waals surface area contributed by atoms with Crippen LogP contribution in [0.3, 0.4) is 0 Å². The van der Waals surface area contributed by atoms with Gasteiger partial charge >= 0.3 is 17.9 Å². The summed E-state index contributed by atoms with van der Waals surface area (Å²) >= 11 is 0. The Morgan fingerprint density at radius 2 is 0.673 bits per heavy atom. The summed E-state index contributed by atoms with van der Waals surface area (Å²) in [6.45, 7) is 8.91. The second-order valence-corrected chi connectivity index (χ2v) is 15.1. The van der Waals surface area contributed by atoms with Gasteiger partial charge in [-0.05, 0) is 25.2 Å². The topological polar surface area (TPSA) is 78.9 Å². The van der Waals surface area contributed by atoms with Crippen molar-refractivity contribution in [3.05, 3.63) is 0 Å². The first-order valence-corrected chi connectivity index (χ1v) is 21.4. The van der Waals surface area contributed by atoms with Crippen molar-refractivity contribution in [3.63, 3.8) is 0 Å². The smallest absolute Gasteiger partial charge is 0.306 e. The highest BCUT2D eigenvalue weighted by molar-refractivity contribution is 5.71. The van der Waals surface area contributed by atoms with Gasteiger partial charge in [0.05, 0.1) is 0 Å². The molecule has 0 amide bonds. The Bertz CT molecular complexity index is 736. The van der Waals surface area contributed by atoms with Crippen LogP contribution in [0.2, 0.25) is 0 Å². The highest BCUT2D eigenvalue weighted by Crippen LogP contribution is 2.15. The van der Waals surface area contributed by atoms with Gasteiger partial charge in [0.15, 0.2) is 6.10 Å². The molecule has 0 saturated heterocycles. The van der Waals surface area contributed by atoms with Crippen LogP contribution in [0.1, 0.15) is 233 Å². The normalized spacial score (nSPS) is 11.9. The Morgan fingerprint density at radius 1 is 0.388 bits per heavy atom. The van der Waals surface area contributed by atoms with Crippen LogP contribution in [0.25, 0.3) is 0 Å². The van der Waals surface area contributed by atoms with Crippen molar-refractivity contribution in [2.75, 3.05) is 13.2 Å². The number of ether oxygens (including phenoxy) is 3. The van der Waals surface area contributed by atoms with Gasteiger partial charge in [-0.15, -0.1) is 0 Å². The number of rotatable bonds is 38. The lowest BCUT2D eigenvalue weighted by molar-refractivity contribution is -0.167. The van der Waals surface area contributed by atoms with Gasteiger partial charge in [-0.2, -0.15) is 0 Å². The van der Waals surface area contributed by atoms with Crippen molar-refractivity contribution >= 4 is 17.9 Å². The molecule has 0 heterocycles. The number of carbonyl (C=O) groups is 3. The third kappa shape index (κ3) is 37.5. The van der Waals surface area contributed by atoms with E-state index < -0.39 is 6.10 Å². The van der Waals surface area contributed by atoms with E-state index in [-0.39, 0.29) is 31.1 Å². The molecule has 0 N–H and O–H groups in total. The van der Waals surface area contributed by atoms with E-state index in [4.69, 9.17) is 14.2 Å². The molecule has 0 aliphatic heterocycles. The van der Waals surface area contributed by atoms with Crippen LogP contribution in [-0.4, -0.2) is 37.2 Å². The van der Waals surface area contributed by atoms with E-state index in [9.17, 15) is 14.4 Å². The van der Waals surface area contributed by atoms with Gasteiger partial charge in [0, 0.05) is 19.3 Å². The second kappa shape index (κ2) is 37.7. The maximum absolute atomic E-state index is 12.6. The SMILES string of the molecule is CCCCCCCCCCCCCCCC(=O)O[C@H](COC(=O)CCCCCCCCC)COC(=O)CCCCCCCCCCC(C)C. The predicted molar refractivity (Wildman–Crippen MR) is 206 cm³/mol. The van der Waals surface area contributed by atoms with Gasteiger partial charge in [-0.3, -0.25) is 14.4 Å². The molecule has 0 saturated carbocycles. The molecule has 0 aromatic rings. The van der Waals surface area contributed by atoms with E-state index in [0.717, 1.165) is 63.7 Å². The van der Waals surface area contributed by atoms with E-state index in [1.807, 2.05) is 0 Å². The fraction of sp³-hybridized carbons (Fsp3) is 0.930. The van der Waals surface area contributed by atoms with E-state index in [1.165, 1.54) is 128 Å². The van der Waals surface area contributed by atoms with Crippen LogP contribution in [-0.2, 0) is 28.6 Å². The van der Waals surface area contributed by atoms with Crippen molar-refractivity contribution in [1.29, 1.82) is 0 Å². The van der Waals surface area contributed by atoms with Gasteiger partial charge < -0.3 is 14.2 Å². The maximum atomic E-state index is 12.6. The molecule has 0 aromatic carbocycles. The molecule has 0 aromatic heterocycles. The van der Waals surface area contributed by atoms with Gasteiger partial charge in [-0.1, -0.05) is 195 Å². The maximum Gasteiger partial charge on any atom is 0.306 e. The largest absolute Gasteiger partial charge is 0.462 e. The van der Waals surface area contributed by atoms with E-state index in [2.05, 4.69) is 27.7 Å². The highest BCUT2D eigenvalue weighted by Gasteiger charge is 2.19. The lowest BCUT2D eigenvalue weighted by Crippen LogP contribution is -2.30. The number of unbranched alkanes of at least 4 members (excludes halogenated alkanes) is 25. The summed E-state index contributed by atoms with van der Waals surface area (Å²) in [7, 11) is 0. The van der Waals surface area contributed by atoms with Gasteiger partial charge in [0.25, 0.3) is 0 Å².